The molecule has 1 aliphatic heterocycles. The largest absolute Gasteiger partial charge is 0.455 e. The van der Waals surface area contributed by atoms with E-state index in [1.165, 1.54) is 17.7 Å². The molecule has 0 bridgehead atoms. The topological polar surface area (TPSA) is 58.4 Å². The van der Waals surface area contributed by atoms with Crippen LogP contribution in [-0.4, -0.2) is 35.4 Å². The molecule has 0 atom stereocenters. The monoisotopic (exact) mass is 347 g/mol. The quantitative estimate of drug-likeness (QED) is 0.781. The lowest BCUT2D eigenvalue weighted by atomic mass is 10.3. The average Bonchev–Trinajstić information content (AvgIpc) is 3.28. The lowest BCUT2D eigenvalue weighted by Crippen LogP contribution is -2.24. The summed E-state index contributed by atoms with van der Waals surface area (Å²) in [5.41, 5.74) is 1.11. The normalized spacial score (nSPS) is 15.1. The third-order valence-corrected chi connectivity index (χ3v) is 5.52. The zero-order chi connectivity index (χ0) is 16.9. The maximum absolute atomic E-state index is 12.1. The van der Waals surface area contributed by atoms with Gasteiger partial charge in [0.15, 0.2) is 5.76 Å². The van der Waals surface area contributed by atoms with E-state index in [1.54, 1.807) is 17.4 Å². The molecule has 2 aromatic rings. The van der Waals surface area contributed by atoms with E-state index in [1.807, 2.05) is 13.0 Å². The SMILES string of the molecule is Cc1nc(CCCNC(=O)c2ccc(CN3CCCC3)o2)sc1C. The van der Waals surface area contributed by atoms with Gasteiger partial charge in [0.05, 0.1) is 17.2 Å². The van der Waals surface area contributed by atoms with Crippen LogP contribution in [0.2, 0.25) is 0 Å². The third-order valence-electron chi connectivity index (χ3n) is 4.39. The molecule has 0 saturated carbocycles. The standard InChI is InChI=1S/C18H25N3O2S/c1-13-14(2)24-17(20-13)6-5-9-19-18(22)16-8-7-15(23-16)12-21-10-3-4-11-21/h7-8H,3-6,9-12H2,1-2H3,(H,19,22). The second-order valence-corrected chi connectivity index (χ2v) is 7.65. The van der Waals surface area contributed by atoms with Gasteiger partial charge in [-0.15, -0.1) is 11.3 Å². The Hall–Kier alpha value is -1.66. The molecule has 3 heterocycles. The fraction of sp³-hybridized carbons (Fsp3) is 0.556. The minimum Gasteiger partial charge on any atom is -0.455 e. The molecule has 0 aromatic carbocycles. The number of nitrogens with one attached hydrogen (secondary N) is 1. The number of hydrogen-bond donors (Lipinski definition) is 1. The van der Waals surface area contributed by atoms with Crippen molar-refractivity contribution in [2.75, 3.05) is 19.6 Å². The average molecular weight is 347 g/mol. The Balaban J connectivity index is 1.40. The molecule has 6 heteroatoms. The Morgan fingerprint density at radius 1 is 1.33 bits per heavy atom. The lowest BCUT2D eigenvalue weighted by molar-refractivity contribution is 0.0922. The number of carbonyl (C=O) groups excluding carboxylic acids is 1. The van der Waals surface area contributed by atoms with Gasteiger partial charge in [-0.25, -0.2) is 4.98 Å². The number of rotatable bonds is 7. The van der Waals surface area contributed by atoms with Gasteiger partial charge in [0, 0.05) is 17.8 Å². The van der Waals surface area contributed by atoms with Gasteiger partial charge in [-0.3, -0.25) is 9.69 Å². The van der Waals surface area contributed by atoms with Gasteiger partial charge in [-0.2, -0.15) is 0 Å². The summed E-state index contributed by atoms with van der Waals surface area (Å²) in [7, 11) is 0. The Bertz CT molecular complexity index is 667. The maximum Gasteiger partial charge on any atom is 0.286 e. The van der Waals surface area contributed by atoms with E-state index in [0.29, 0.717) is 12.3 Å². The van der Waals surface area contributed by atoms with Crippen LogP contribution in [0.25, 0.3) is 0 Å². The van der Waals surface area contributed by atoms with Crippen LogP contribution < -0.4 is 5.32 Å². The highest BCUT2D eigenvalue weighted by Crippen LogP contribution is 2.18. The second kappa shape index (κ2) is 7.94. The molecule has 0 unspecified atom stereocenters. The van der Waals surface area contributed by atoms with Crippen molar-refractivity contribution in [3.8, 4) is 0 Å². The first-order valence-corrected chi connectivity index (χ1v) is 9.45. The minimum absolute atomic E-state index is 0.130. The van der Waals surface area contributed by atoms with Gasteiger partial charge < -0.3 is 9.73 Å². The molecule has 0 radical (unpaired) electrons. The smallest absolute Gasteiger partial charge is 0.286 e. The van der Waals surface area contributed by atoms with Crippen molar-refractivity contribution in [2.45, 2.75) is 46.1 Å². The van der Waals surface area contributed by atoms with Crippen LogP contribution in [0.15, 0.2) is 16.5 Å². The van der Waals surface area contributed by atoms with Crippen molar-refractivity contribution < 1.29 is 9.21 Å². The van der Waals surface area contributed by atoms with Gasteiger partial charge in [0.25, 0.3) is 5.91 Å². The lowest BCUT2D eigenvalue weighted by Gasteiger charge is -2.11. The summed E-state index contributed by atoms with van der Waals surface area (Å²) in [6, 6.07) is 3.68. The molecule has 0 aliphatic carbocycles. The van der Waals surface area contributed by atoms with Gasteiger partial charge in [0.2, 0.25) is 0 Å². The van der Waals surface area contributed by atoms with Crippen LogP contribution in [0.4, 0.5) is 0 Å². The third kappa shape index (κ3) is 4.45. The molecule has 130 valence electrons. The molecular formula is C18H25N3O2S. The predicted octanol–water partition coefficient (Wildman–Crippen LogP) is 3.31. The molecule has 1 amide bonds. The van der Waals surface area contributed by atoms with Crippen LogP contribution >= 0.6 is 11.3 Å². The van der Waals surface area contributed by atoms with Crippen molar-refractivity contribution in [1.29, 1.82) is 0 Å². The molecule has 24 heavy (non-hydrogen) atoms. The number of nitrogens with zero attached hydrogens (tertiary/aromatic N) is 2. The number of aromatic nitrogens is 1. The highest BCUT2D eigenvalue weighted by molar-refractivity contribution is 7.11. The van der Waals surface area contributed by atoms with E-state index in [4.69, 9.17) is 4.42 Å². The van der Waals surface area contributed by atoms with E-state index in [-0.39, 0.29) is 5.91 Å². The zero-order valence-corrected chi connectivity index (χ0v) is 15.2. The summed E-state index contributed by atoms with van der Waals surface area (Å²) in [5, 5.41) is 4.07. The fourth-order valence-electron chi connectivity index (χ4n) is 2.92. The maximum atomic E-state index is 12.1. The molecule has 1 aliphatic rings. The molecule has 1 fully saturated rings. The Labute approximate surface area is 147 Å². The molecule has 1 saturated heterocycles. The van der Waals surface area contributed by atoms with Crippen LogP contribution in [0, 0.1) is 13.8 Å². The Kier molecular flexibility index (Phi) is 5.68. The molecule has 5 nitrogen and oxygen atoms in total. The van der Waals surface area contributed by atoms with Gasteiger partial charge >= 0.3 is 0 Å². The molecule has 2 aromatic heterocycles. The number of hydrogen-bond acceptors (Lipinski definition) is 5. The van der Waals surface area contributed by atoms with Gasteiger partial charge in [-0.1, -0.05) is 0 Å². The van der Waals surface area contributed by atoms with Crippen molar-refractivity contribution in [2.24, 2.45) is 0 Å². The zero-order valence-electron chi connectivity index (χ0n) is 14.4. The number of carbonyl (C=O) groups is 1. The number of amides is 1. The van der Waals surface area contributed by atoms with Crippen LogP contribution in [0.3, 0.4) is 0 Å². The predicted molar refractivity (Wildman–Crippen MR) is 95.5 cm³/mol. The number of thiazole rings is 1. The summed E-state index contributed by atoms with van der Waals surface area (Å²) in [6.07, 6.45) is 4.30. The first kappa shape index (κ1) is 17.2. The van der Waals surface area contributed by atoms with E-state index < -0.39 is 0 Å². The van der Waals surface area contributed by atoms with Crippen LogP contribution in [0.5, 0.6) is 0 Å². The number of aryl methyl sites for hydroxylation is 3. The van der Waals surface area contributed by atoms with Crippen LogP contribution in [0.1, 0.15) is 51.2 Å². The summed E-state index contributed by atoms with van der Waals surface area (Å²) < 4.78 is 5.68. The Morgan fingerprint density at radius 3 is 2.83 bits per heavy atom. The first-order chi connectivity index (χ1) is 11.6. The van der Waals surface area contributed by atoms with Crippen molar-refractivity contribution >= 4 is 17.2 Å². The van der Waals surface area contributed by atoms with E-state index >= 15 is 0 Å². The molecular weight excluding hydrogens is 322 g/mol. The van der Waals surface area contributed by atoms with E-state index in [0.717, 1.165) is 48.9 Å². The van der Waals surface area contributed by atoms with E-state index in [9.17, 15) is 4.79 Å². The van der Waals surface area contributed by atoms with Crippen LogP contribution in [-0.2, 0) is 13.0 Å². The second-order valence-electron chi connectivity index (χ2n) is 6.36. The molecule has 3 rings (SSSR count). The molecule has 0 spiro atoms. The minimum atomic E-state index is -0.130. The summed E-state index contributed by atoms with van der Waals surface area (Å²) in [6.45, 7) is 7.81. The Morgan fingerprint density at radius 2 is 2.12 bits per heavy atom. The number of likely N-dealkylation sites (tertiary alicyclic amines) is 1. The summed E-state index contributed by atoms with van der Waals surface area (Å²) >= 11 is 1.74. The molecule has 1 N–H and O–H groups in total. The number of furan rings is 1. The van der Waals surface area contributed by atoms with Crippen molar-refractivity contribution in [3.63, 3.8) is 0 Å². The van der Waals surface area contributed by atoms with Gasteiger partial charge in [-0.05, 0) is 58.3 Å². The van der Waals surface area contributed by atoms with Crippen molar-refractivity contribution in [1.82, 2.24) is 15.2 Å². The highest BCUT2D eigenvalue weighted by Gasteiger charge is 2.16. The fourth-order valence-corrected chi connectivity index (χ4v) is 3.90. The van der Waals surface area contributed by atoms with E-state index in [2.05, 4.69) is 22.1 Å². The highest BCUT2D eigenvalue weighted by atomic mass is 32.1. The van der Waals surface area contributed by atoms with Crippen molar-refractivity contribution in [3.05, 3.63) is 39.2 Å². The summed E-state index contributed by atoms with van der Waals surface area (Å²) in [4.78, 5) is 20.3. The summed E-state index contributed by atoms with van der Waals surface area (Å²) in [5.74, 6) is 1.15. The van der Waals surface area contributed by atoms with Gasteiger partial charge in [0.1, 0.15) is 5.76 Å². The first-order valence-electron chi connectivity index (χ1n) is 8.64.